The summed E-state index contributed by atoms with van der Waals surface area (Å²) in [6.45, 7) is 3.76. The maximum atomic E-state index is 12.5. The summed E-state index contributed by atoms with van der Waals surface area (Å²) >= 11 is 0. The van der Waals surface area contributed by atoms with Crippen molar-refractivity contribution in [1.82, 2.24) is 4.90 Å². The summed E-state index contributed by atoms with van der Waals surface area (Å²) in [6.07, 6.45) is 4.32. The molecule has 1 fully saturated rings. The number of amides is 2. The predicted molar refractivity (Wildman–Crippen MR) is 100.0 cm³/mol. The fraction of sp³-hybridized carbons (Fsp3) is 0.333. The van der Waals surface area contributed by atoms with Crippen molar-refractivity contribution in [1.29, 1.82) is 0 Å². The minimum absolute atomic E-state index is 0.0766. The molecule has 0 aliphatic carbocycles. The number of piperidine rings is 1. The van der Waals surface area contributed by atoms with E-state index in [1.807, 2.05) is 29.2 Å². The largest absolute Gasteiger partial charge is 0.339 e. The zero-order valence-electron chi connectivity index (χ0n) is 14.6. The lowest BCUT2D eigenvalue weighted by atomic mass is 10.1. The van der Waals surface area contributed by atoms with Gasteiger partial charge in [-0.15, -0.1) is 0 Å². The smallest absolute Gasteiger partial charge is 0.255 e. The first-order chi connectivity index (χ1) is 12.2. The molecular weight excluding hydrogens is 312 g/mol. The van der Waals surface area contributed by atoms with Crippen molar-refractivity contribution in [2.45, 2.75) is 32.6 Å². The Labute approximate surface area is 148 Å². The Hall–Kier alpha value is -2.62. The summed E-state index contributed by atoms with van der Waals surface area (Å²) in [5.74, 6) is -0.0644. The standard InChI is InChI=1S/C21H24N2O2/c1-2-16-6-8-17(9-7-16)20(24)22-19-12-10-18(11-13-19)21(25)23-14-4-3-5-15-23/h6-13H,2-5,14-15H2,1H3,(H,22,24). The summed E-state index contributed by atoms with van der Waals surface area (Å²) in [6, 6.07) is 14.7. The molecule has 0 unspecified atom stereocenters. The van der Waals surface area contributed by atoms with Crippen LogP contribution in [0.1, 0.15) is 52.5 Å². The molecule has 3 rings (SSSR count). The molecule has 1 aliphatic heterocycles. The Bertz CT molecular complexity index is 729. The van der Waals surface area contributed by atoms with Crippen LogP contribution in [0.3, 0.4) is 0 Å². The Balaban J connectivity index is 1.63. The van der Waals surface area contributed by atoms with Gasteiger partial charge in [0.1, 0.15) is 0 Å². The highest BCUT2D eigenvalue weighted by atomic mass is 16.2. The molecule has 0 atom stereocenters. The molecule has 0 saturated carbocycles. The van der Waals surface area contributed by atoms with Crippen LogP contribution in [0.2, 0.25) is 0 Å². The molecule has 0 aromatic heterocycles. The monoisotopic (exact) mass is 336 g/mol. The molecule has 0 radical (unpaired) electrons. The van der Waals surface area contributed by atoms with E-state index in [1.165, 1.54) is 12.0 Å². The molecule has 4 heteroatoms. The average molecular weight is 336 g/mol. The fourth-order valence-electron chi connectivity index (χ4n) is 3.07. The average Bonchev–Trinajstić information content (AvgIpc) is 2.68. The van der Waals surface area contributed by atoms with E-state index in [-0.39, 0.29) is 11.8 Å². The van der Waals surface area contributed by atoms with Gasteiger partial charge in [0.2, 0.25) is 0 Å². The van der Waals surface area contributed by atoms with Gasteiger partial charge in [-0.3, -0.25) is 9.59 Å². The molecule has 2 amide bonds. The summed E-state index contributed by atoms with van der Waals surface area (Å²) in [5.41, 5.74) is 3.20. The lowest BCUT2D eigenvalue weighted by Crippen LogP contribution is -2.35. The first-order valence-corrected chi connectivity index (χ1v) is 8.97. The van der Waals surface area contributed by atoms with Gasteiger partial charge in [0.05, 0.1) is 0 Å². The summed E-state index contributed by atoms with van der Waals surface area (Å²) in [4.78, 5) is 26.7. The number of hydrogen-bond donors (Lipinski definition) is 1. The van der Waals surface area contributed by atoms with Crippen molar-refractivity contribution < 1.29 is 9.59 Å². The highest BCUT2D eigenvalue weighted by molar-refractivity contribution is 6.04. The SMILES string of the molecule is CCc1ccc(C(=O)Nc2ccc(C(=O)N3CCCCC3)cc2)cc1. The molecule has 130 valence electrons. The van der Waals surface area contributed by atoms with Gasteiger partial charge in [0, 0.05) is 29.9 Å². The molecule has 1 heterocycles. The van der Waals surface area contributed by atoms with Gasteiger partial charge < -0.3 is 10.2 Å². The molecule has 0 spiro atoms. The van der Waals surface area contributed by atoms with Crippen molar-refractivity contribution in [3.63, 3.8) is 0 Å². The first kappa shape index (κ1) is 17.2. The van der Waals surface area contributed by atoms with Crippen molar-refractivity contribution in [3.8, 4) is 0 Å². The number of aryl methyl sites for hydroxylation is 1. The molecule has 1 N–H and O–H groups in total. The topological polar surface area (TPSA) is 49.4 Å². The maximum absolute atomic E-state index is 12.5. The molecule has 2 aromatic carbocycles. The van der Waals surface area contributed by atoms with Crippen LogP contribution in [0.15, 0.2) is 48.5 Å². The van der Waals surface area contributed by atoms with Crippen LogP contribution in [0.25, 0.3) is 0 Å². The second-order valence-corrected chi connectivity index (χ2v) is 6.43. The van der Waals surface area contributed by atoms with Crippen molar-refractivity contribution in [2.75, 3.05) is 18.4 Å². The number of carbonyl (C=O) groups excluding carboxylic acids is 2. The third-order valence-corrected chi connectivity index (χ3v) is 4.66. The molecule has 0 bridgehead atoms. The molecule has 2 aromatic rings. The van der Waals surface area contributed by atoms with Crippen LogP contribution in [0.5, 0.6) is 0 Å². The molecule has 1 aliphatic rings. The van der Waals surface area contributed by atoms with Crippen molar-refractivity contribution in [2.24, 2.45) is 0 Å². The zero-order valence-corrected chi connectivity index (χ0v) is 14.6. The van der Waals surface area contributed by atoms with E-state index in [4.69, 9.17) is 0 Å². The van der Waals surface area contributed by atoms with Gasteiger partial charge in [-0.2, -0.15) is 0 Å². The van der Waals surface area contributed by atoms with Crippen LogP contribution in [-0.4, -0.2) is 29.8 Å². The summed E-state index contributed by atoms with van der Waals surface area (Å²) in [5, 5.41) is 2.88. The van der Waals surface area contributed by atoms with Crippen molar-refractivity contribution >= 4 is 17.5 Å². The second kappa shape index (κ2) is 7.97. The molecule has 25 heavy (non-hydrogen) atoms. The lowest BCUT2D eigenvalue weighted by Gasteiger charge is -2.26. The third kappa shape index (κ3) is 4.27. The van der Waals surface area contributed by atoms with E-state index >= 15 is 0 Å². The minimum Gasteiger partial charge on any atom is -0.339 e. The van der Waals surface area contributed by atoms with Crippen LogP contribution >= 0.6 is 0 Å². The Morgan fingerprint density at radius 3 is 2.08 bits per heavy atom. The number of benzene rings is 2. The van der Waals surface area contributed by atoms with Gasteiger partial charge in [-0.25, -0.2) is 0 Å². The molecule has 4 nitrogen and oxygen atoms in total. The van der Waals surface area contributed by atoms with Gasteiger partial charge in [0.25, 0.3) is 11.8 Å². The highest BCUT2D eigenvalue weighted by Crippen LogP contribution is 2.16. The quantitative estimate of drug-likeness (QED) is 0.913. The molecular formula is C21H24N2O2. The number of rotatable bonds is 4. The fourth-order valence-corrected chi connectivity index (χ4v) is 3.07. The van der Waals surface area contributed by atoms with Crippen molar-refractivity contribution in [3.05, 3.63) is 65.2 Å². The van der Waals surface area contributed by atoms with Gasteiger partial charge >= 0.3 is 0 Å². The van der Waals surface area contributed by atoms with E-state index in [9.17, 15) is 9.59 Å². The normalized spacial score (nSPS) is 14.2. The number of nitrogens with one attached hydrogen (secondary N) is 1. The van der Waals surface area contributed by atoms with Gasteiger partial charge in [-0.05, 0) is 67.6 Å². The Kier molecular flexibility index (Phi) is 5.49. The van der Waals surface area contributed by atoms with Crippen LogP contribution < -0.4 is 5.32 Å². The van der Waals surface area contributed by atoms with Gasteiger partial charge in [-0.1, -0.05) is 19.1 Å². The van der Waals surface area contributed by atoms with Crippen LogP contribution in [-0.2, 0) is 6.42 Å². The van der Waals surface area contributed by atoms with Crippen LogP contribution in [0.4, 0.5) is 5.69 Å². The molecule has 1 saturated heterocycles. The number of anilines is 1. The number of hydrogen-bond acceptors (Lipinski definition) is 2. The van der Waals surface area contributed by atoms with Crippen LogP contribution in [0, 0.1) is 0 Å². The van der Waals surface area contributed by atoms with E-state index in [1.54, 1.807) is 24.3 Å². The maximum Gasteiger partial charge on any atom is 0.255 e. The Morgan fingerprint density at radius 1 is 0.880 bits per heavy atom. The summed E-state index contributed by atoms with van der Waals surface area (Å²) < 4.78 is 0. The van der Waals surface area contributed by atoms with E-state index in [2.05, 4.69) is 12.2 Å². The third-order valence-electron chi connectivity index (χ3n) is 4.66. The predicted octanol–water partition coefficient (Wildman–Crippen LogP) is 4.13. The number of carbonyl (C=O) groups is 2. The second-order valence-electron chi connectivity index (χ2n) is 6.43. The number of likely N-dealkylation sites (tertiary alicyclic amines) is 1. The minimum atomic E-state index is -0.141. The van der Waals surface area contributed by atoms with E-state index in [0.717, 1.165) is 32.4 Å². The number of nitrogens with zero attached hydrogens (tertiary/aromatic N) is 1. The summed E-state index contributed by atoms with van der Waals surface area (Å²) in [7, 11) is 0. The van der Waals surface area contributed by atoms with Gasteiger partial charge in [0.15, 0.2) is 0 Å². The lowest BCUT2D eigenvalue weighted by molar-refractivity contribution is 0.0724. The first-order valence-electron chi connectivity index (χ1n) is 8.97. The zero-order chi connectivity index (χ0) is 17.6. The van der Waals surface area contributed by atoms with E-state index in [0.29, 0.717) is 16.8 Å². The highest BCUT2D eigenvalue weighted by Gasteiger charge is 2.18. The Morgan fingerprint density at radius 2 is 1.48 bits per heavy atom. The van der Waals surface area contributed by atoms with E-state index < -0.39 is 0 Å².